The van der Waals surface area contributed by atoms with Crippen molar-refractivity contribution in [2.75, 3.05) is 6.61 Å². The lowest BCUT2D eigenvalue weighted by molar-refractivity contribution is 0.0680. The molecule has 6 nitrogen and oxygen atoms in total. The number of nitrogens with zero attached hydrogens (tertiary/aromatic N) is 2. The summed E-state index contributed by atoms with van der Waals surface area (Å²) in [4.78, 5) is 13.8. The Bertz CT molecular complexity index is 270. The first-order chi connectivity index (χ1) is 5.74. The predicted molar refractivity (Wildman–Crippen MR) is 36.7 cm³/mol. The van der Waals surface area contributed by atoms with E-state index in [0.717, 1.165) is 0 Å². The molecule has 0 radical (unpaired) electrons. The summed E-state index contributed by atoms with van der Waals surface area (Å²) in [5.41, 5.74) is 0. The second-order valence-electron chi connectivity index (χ2n) is 2.14. The normalized spacial score (nSPS) is 10.1. The van der Waals surface area contributed by atoms with Crippen LogP contribution < -0.4 is 0 Å². The molecule has 1 aromatic heterocycles. The maximum atomic E-state index is 10.3. The number of carbonyl (C=O) groups is 1. The molecule has 1 aromatic rings. The lowest BCUT2D eigenvalue weighted by atomic mass is 10.3. The molecule has 1 rings (SSSR count). The standard InChI is InChI=1S/C6H8N2O4/c9-3-1-2-4-7-5(6(10)11)8-12-4/h9H,1-3H2,(H,10,11). The van der Waals surface area contributed by atoms with Gasteiger partial charge in [0.15, 0.2) is 0 Å². The first-order valence-corrected chi connectivity index (χ1v) is 3.41. The van der Waals surface area contributed by atoms with Crippen molar-refractivity contribution >= 4 is 5.97 Å². The molecule has 0 spiro atoms. The number of aliphatic hydroxyl groups excluding tert-OH is 1. The third kappa shape index (κ3) is 2.03. The molecule has 0 aromatic carbocycles. The van der Waals surface area contributed by atoms with E-state index in [4.69, 9.17) is 10.2 Å². The Balaban J connectivity index is 2.58. The van der Waals surface area contributed by atoms with E-state index in [1.807, 2.05) is 0 Å². The Morgan fingerprint density at radius 3 is 2.83 bits per heavy atom. The number of aromatic nitrogens is 2. The van der Waals surface area contributed by atoms with Crippen LogP contribution in [0.15, 0.2) is 4.52 Å². The van der Waals surface area contributed by atoms with Crippen LogP contribution in [0.5, 0.6) is 0 Å². The summed E-state index contributed by atoms with van der Waals surface area (Å²) in [6.45, 7) is 0.0186. The Morgan fingerprint density at radius 2 is 2.33 bits per heavy atom. The first-order valence-electron chi connectivity index (χ1n) is 3.41. The first kappa shape index (κ1) is 8.66. The molecule has 2 N–H and O–H groups in total. The van der Waals surface area contributed by atoms with Gasteiger partial charge in [-0.15, -0.1) is 0 Å². The molecule has 0 aliphatic heterocycles. The van der Waals surface area contributed by atoms with Crippen molar-refractivity contribution in [1.82, 2.24) is 10.1 Å². The van der Waals surface area contributed by atoms with E-state index < -0.39 is 5.97 Å². The fourth-order valence-electron chi connectivity index (χ4n) is 0.674. The van der Waals surface area contributed by atoms with Crippen molar-refractivity contribution in [1.29, 1.82) is 0 Å². The van der Waals surface area contributed by atoms with Gasteiger partial charge >= 0.3 is 5.97 Å². The average molecular weight is 172 g/mol. The zero-order valence-electron chi connectivity index (χ0n) is 6.23. The molecule has 66 valence electrons. The molecule has 1 heterocycles. The summed E-state index contributed by atoms with van der Waals surface area (Å²) in [6.07, 6.45) is 0.887. The van der Waals surface area contributed by atoms with Crippen LogP contribution >= 0.6 is 0 Å². The number of rotatable bonds is 4. The van der Waals surface area contributed by atoms with Crippen LogP contribution in [0.3, 0.4) is 0 Å². The van der Waals surface area contributed by atoms with Gasteiger partial charge in [-0.2, -0.15) is 4.98 Å². The van der Waals surface area contributed by atoms with Crippen molar-refractivity contribution in [2.45, 2.75) is 12.8 Å². The number of aromatic carboxylic acids is 1. The van der Waals surface area contributed by atoms with Crippen molar-refractivity contribution in [3.05, 3.63) is 11.7 Å². The predicted octanol–water partition coefficient (Wildman–Crippen LogP) is -0.307. The van der Waals surface area contributed by atoms with Gasteiger partial charge in [-0.3, -0.25) is 0 Å². The van der Waals surface area contributed by atoms with E-state index in [0.29, 0.717) is 12.8 Å². The van der Waals surface area contributed by atoms with E-state index >= 15 is 0 Å². The van der Waals surface area contributed by atoms with Gasteiger partial charge in [0.2, 0.25) is 5.89 Å². The highest BCUT2D eigenvalue weighted by molar-refractivity contribution is 5.82. The highest BCUT2D eigenvalue weighted by atomic mass is 16.5. The molecular weight excluding hydrogens is 164 g/mol. The fraction of sp³-hybridized carbons (Fsp3) is 0.500. The maximum absolute atomic E-state index is 10.3. The molecule has 6 heteroatoms. The van der Waals surface area contributed by atoms with Crippen LogP contribution in [0.2, 0.25) is 0 Å². The lowest BCUT2D eigenvalue weighted by Crippen LogP contribution is -1.99. The van der Waals surface area contributed by atoms with Gasteiger partial charge in [0.1, 0.15) is 0 Å². The van der Waals surface area contributed by atoms with Crippen LogP contribution in [0.25, 0.3) is 0 Å². The Morgan fingerprint density at radius 1 is 1.58 bits per heavy atom. The molecule has 0 saturated heterocycles. The van der Waals surface area contributed by atoms with Crippen LogP contribution in [-0.4, -0.2) is 32.9 Å². The number of aryl methyl sites for hydroxylation is 1. The van der Waals surface area contributed by atoms with Crippen LogP contribution in [0.1, 0.15) is 22.9 Å². The van der Waals surface area contributed by atoms with Gasteiger partial charge in [0.05, 0.1) is 0 Å². The van der Waals surface area contributed by atoms with E-state index in [-0.39, 0.29) is 18.3 Å². The summed E-state index contributed by atoms with van der Waals surface area (Å²) in [7, 11) is 0. The lowest BCUT2D eigenvalue weighted by Gasteiger charge is -1.87. The van der Waals surface area contributed by atoms with Crippen molar-refractivity contribution in [2.24, 2.45) is 0 Å². The van der Waals surface area contributed by atoms with Gasteiger partial charge in [0, 0.05) is 13.0 Å². The minimum atomic E-state index is -1.21. The van der Waals surface area contributed by atoms with Gasteiger partial charge in [-0.1, -0.05) is 0 Å². The second-order valence-corrected chi connectivity index (χ2v) is 2.14. The Kier molecular flexibility index (Phi) is 2.76. The molecule has 0 unspecified atom stereocenters. The molecule has 0 atom stereocenters. The summed E-state index contributed by atoms with van der Waals surface area (Å²) < 4.78 is 4.57. The molecule has 0 bridgehead atoms. The quantitative estimate of drug-likeness (QED) is 0.646. The largest absolute Gasteiger partial charge is 0.475 e. The molecule has 0 fully saturated rings. The number of carboxylic acids is 1. The molecule has 0 saturated carbocycles. The maximum Gasteiger partial charge on any atom is 0.377 e. The smallest absolute Gasteiger partial charge is 0.377 e. The number of hydrogen-bond donors (Lipinski definition) is 2. The highest BCUT2D eigenvalue weighted by Crippen LogP contribution is 1.99. The van der Waals surface area contributed by atoms with Gasteiger partial charge < -0.3 is 14.7 Å². The summed E-state index contributed by atoms with van der Waals surface area (Å²) >= 11 is 0. The van der Waals surface area contributed by atoms with Gasteiger partial charge in [-0.25, -0.2) is 4.79 Å². The zero-order chi connectivity index (χ0) is 8.97. The van der Waals surface area contributed by atoms with E-state index in [9.17, 15) is 4.79 Å². The SMILES string of the molecule is O=C(O)c1noc(CCCO)n1. The molecule has 0 aliphatic rings. The third-order valence-electron chi connectivity index (χ3n) is 1.21. The number of aliphatic hydroxyl groups is 1. The summed E-state index contributed by atoms with van der Waals surface area (Å²) in [6, 6.07) is 0. The minimum absolute atomic E-state index is 0.0186. The Hall–Kier alpha value is -1.43. The van der Waals surface area contributed by atoms with Crippen LogP contribution in [0.4, 0.5) is 0 Å². The van der Waals surface area contributed by atoms with E-state index in [1.165, 1.54) is 0 Å². The Labute approximate surface area is 67.8 Å². The molecule has 0 amide bonds. The van der Waals surface area contributed by atoms with Crippen molar-refractivity contribution in [3.63, 3.8) is 0 Å². The molecule has 12 heavy (non-hydrogen) atoms. The zero-order valence-corrected chi connectivity index (χ0v) is 6.23. The monoisotopic (exact) mass is 172 g/mol. The third-order valence-corrected chi connectivity index (χ3v) is 1.21. The fourth-order valence-corrected chi connectivity index (χ4v) is 0.674. The topological polar surface area (TPSA) is 96.5 Å². The number of carboxylic acid groups (broad SMARTS) is 1. The van der Waals surface area contributed by atoms with E-state index in [2.05, 4.69) is 14.7 Å². The van der Waals surface area contributed by atoms with Gasteiger partial charge in [0.25, 0.3) is 5.82 Å². The summed E-state index contributed by atoms with van der Waals surface area (Å²) in [5, 5.41) is 20.0. The minimum Gasteiger partial charge on any atom is -0.475 e. The highest BCUT2D eigenvalue weighted by Gasteiger charge is 2.11. The van der Waals surface area contributed by atoms with E-state index in [1.54, 1.807) is 0 Å². The molecular formula is C6H8N2O4. The molecule has 0 aliphatic carbocycles. The van der Waals surface area contributed by atoms with Crippen molar-refractivity contribution < 1.29 is 19.5 Å². The van der Waals surface area contributed by atoms with Crippen LogP contribution in [-0.2, 0) is 6.42 Å². The second kappa shape index (κ2) is 3.82. The van der Waals surface area contributed by atoms with Gasteiger partial charge in [-0.05, 0) is 11.6 Å². The van der Waals surface area contributed by atoms with Crippen LogP contribution in [0, 0.1) is 0 Å². The van der Waals surface area contributed by atoms with Crippen molar-refractivity contribution in [3.8, 4) is 0 Å². The number of hydrogen-bond acceptors (Lipinski definition) is 5. The summed E-state index contributed by atoms with van der Waals surface area (Å²) in [5.74, 6) is -1.32. The average Bonchev–Trinajstić information content (AvgIpc) is 2.48.